The highest BCUT2D eigenvalue weighted by atomic mass is 35.5. The lowest BCUT2D eigenvalue weighted by atomic mass is 10.00. The van der Waals surface area contributed by atoms with E-state index in [-0.39, 0.29) is 11.9 Å². The van der Waals surface area contributed by atoms with Gasteiger partial charge in [0.25, 0.3) is 5.91 Å². The van der Waals surface area contributed by atoms with Crippen LogP contribution in [0, 0.1) is 0 Å². The Morgan fingerprint density at radius 3 is 2.45 bits per heavy atom. The summed E-state index contributed by atoms with van der Waals surface area (Å²) in [6.07, 6.45) is 4.72. The van der Waals surface area contributed by atoms with E-state index in [0.717, 1.165) is 28.9 Å². The van der Waals surface area contributed by atoms with Crippen molar-refractivity contribution in [3.05, 3.63) is 118 Å². The Labute approximate surface area is 197 Å². The van der Waals surface area contributed by atoms with E-state index < -0.39 is 0 Å². The van der Waals surface area contributed by atoms with Gasteiger partial charge in [-0.05, 0) is 53.5 Å². The molecule has 3 aromatic carbocycles. The van der Waals surface area contributed by atoms with Crippen LogP contribution in [-0.2, 0) is 6.42 Å². The largest absolute Gasteiger partial charge is 0.339 e. The standard InChI is InChI=1S/C27H23ClN4O/c1-2-18-8-10-19(11-9-18)24-16-25(20-12-14-21(28)15-13-20)32-26(31-24)23(17-29-32)27(33)30-22-6-4-3-5-7-22/h3-17,25,31H,2H2,1H3,(H,30,33)/t25-/m1/s1. The number of amides is 1. The molecule has 1 aromatic heterocycles. The van der Waals surface area contributed by atoms with Crippen molar-refractivity contribution in [2.75, 3.05) is 10.6 Å². The molecular weight excluding hydrogens is 432 g/mol. The zero-order valence-electron chi connectivity index (χ0n) is 18.1. The van der Waals surface area contributed by atoms with Crippen LogP contribution in [0.25, 0.3) is 5.70 Å². The number of aromatic nitrogens is 2. The SMILES string of the molecule is CCc1ccc(C2=C[C@H](c3ccc(Cl)cc3)n3ncc(C(=O)Nc4ccccc4)c3N2)cc1. The molecule has 0 aliphatic carbocycles. The fourth-order valence-electron chi connectivity index (χ4n) is 3.97. The highest BCUT2D eigenvalue weighted by molar-refractivity contribution is 6.30. The van der Waals surface area contributed by atoms with Gasteiger partial charge in [-0.2, -0.15) is 5.10 Å². The van der Waals surface area contributed by atoms with Gasteiger partial charge < -0.3 is 10.6 Å². The fraction of sp³-hybridized carbons (Fsp3) is 0.111. The van der Waals surface area contributed by atoms with E-state index in [1.54, 1.807) is 6.20 Å². The second-order valence-corrected chi connectivity index (χ2v) is 8.36. The molecule has 2 N–H and O–H groups in total. The molecule has 1 amide bonds. The Morgan fingerprint density at radius 2 is 1.76 bits per heavy atom. The summed E-state index contributed by atoms with van der Waals surface area (Å²) in [6, 6.07) is 25.4. The number of hydrogen-bond donors (Lipinski definition) is 2. The molecule has 0 saturated heterocycles. The van der Waals surface area contributed by atoms with Crippen molar-refractivity contribution in [3.8, 4) is 0 Å². The van der Waals surface area contributed by atoms with E-state index >= 15 is 0 Å². The number of allylic oxidation sites excluding steroid dienone is 1. The molecule has 0 bridgehead atoms. The maximum atomic E-state index is 13.1. The van der Waals surface area contributed by atoms with Gasteiger partial charge >= 0.3 is 0 Å². The van der Waals surface area contributed by atoms with Crippen LogP contribution in [-0.4, -0.2) is 15.7 Å². The number of benzene rings is 3. The number of anilines is 2. The minimum Gasteiger partial charge on any atom is -0.339 e. The monoisotopic (exact) mass is 454 g/mol. The van der Waals surface area contributed by atoms with Crippen LogP contribution in [0.2, 0.25) is 5.02 Å². The third kappa shape index (κ3) is 4.28. The summed E-state index contributed by atoms with van der Waals surface area (Å²) in [5.74, 6) is 0.438. The summed E-state index contributed by atoms with van der Waals surface area (Å²) in [5, 5.41) is 11.7. The molecular formula is C27H23ClN4O. The maximum absolute atomic E-state index is 13.1. The number of fused-ring (bicyclic) bond motifs is 1. The zero-order valence-corrected chi connectivity index (χ0v) is 18.9. The first-order valence-electron chi connectivity index (χ1n) is 10.9. The van der Waals surface area contributed by atoms with Gasteiger partial charge in [0.15, 0.2) is 0 Å². The van der Waals surface area contributed by atoms with Crippen LogP contribution in [0.4, 0.5) is 11.5 Å². The summed E-state index contributed by atoms with van der Waals surface area (Å²) in [7, 11) is 0. The number of aryl methyl sites for hydroxylation is 1. The first kappa shape index (κ1) is 21.0. The number of carbonyl (C=O) groups excluding carboxylic acids is 1. The van der Waals surface area contributed by atoms with Gasteiger partial charge in [-0.15, -0.1) is 0 Å². The lowest BCUT2D eigenvalue weighted by Crippen LogP contribution is -2.22. The van der Waals surface area contributed by atoms with Crippen molar-refractivity contribution in [2.24, 2.45) is 0 Å². The number of carbonyl (C=O) groups is 1. The Bertz CT molecular complexity index is 1310. The Balaban J connectivity index is 1.55. The molecule has 1 aliphatic rings. The summed E-state index contributed by atoms with van der Waals surface area (Å²) in [6.45, 7) is 2.14. The van der Waals surface area contributed by atoms with E-state index in [1.807, 2.05) is 59.3 Å². The fourth-order valence-corrected chi connectivity index (χ4v) is 4.09. The van der Waals surface area contributed by atoms with Gasteiger partial charge in [0.1, 0.15) is 11.4 Å². The molecule has 0 fully saturated rings. The first-order valence-corrected chi connectivity index (χ1v) is 11.3. The molecule has 5 nitrogen and oxygen atoms in total. The average Bonchev–Trinajstić information content (AvgIpc) is 3.29. The molecule has 0 spiro atoms. The summed E-state index contributed by atoms with van der Waals surface area (Å²) in [4.78, 5) is 13.1. The zero-order chi connectivity index (χ0) is 22.8. The summed E-state index contributed by atoms with van der Waals surface area (Å²) < 4.78 is 1.84. The van der Waals surface area contributed by atoms with E-state index in [9.17, 15) is 4.79 Å². The lowest BCUT2D eigenvalue weighted by Gasteiger charge is -2.26. The van der Waals surface area contributed by atoms with Crippen molar-refractivity contribution in [3.63, 3.8) is 0 Å². The molecule has 33 heavy (non-hydrogen) atoms. The summed E-state index contributed by atoms with van der Waals surface area (Å²) in [5.41, 5.74) is 5.50. The van der Waals surface area contributed by atoms with Crippen LogP contribution < -0.4 is 10.6 Å². The van der Waals surface area contributed by atoms with E-state index in [2.05, 4.69) is 53.0 Å². The predicted molar refractivity (Wildman–Crippen MR) is 134 cm³/mol. The average molecular weight is 455 g/mol. The van der Waals surface area contributed by atoms with Crippen molar-refractivity contribution < 1.29 is 4.79 Å². The van der Waals surface area contributed by atoms with Crippen molar-refractivity contribution in [1.82, 2.24) is 9.78 Å². The number of para-hydroxylation sites is 1. The van der Waals surface area contributed by atoms with Crippen LogP contribution >= 0.6 is 11.6 Å². The molecule has 0 radical (unpaired) electrons. The van der Waals surface area contributed by atoms with Crippen LogP contribution in [0.5, 0.6) is 0 Å². The minimum absolute atomic E-state index is 0.183. The normalized spacial score (nSPS) is 14.7. The van der Waals surface area contributed by atoms with Gasteiger partial charge in [-0.1, -0.05) is 73.1 Å². The second kappa shape index (κ2) is 8.96. The molecule has 0 unspecified atom stereocenters. The number of nitrogens with one attached hydrogen (secondary N) is 2. The highest BCUT2D eigenvalue weighted by Gasteiger charge is 2.28. The molecule has 6 heteroatoms. The van der Waals surface area contributed by atoms with E-state index in [0.29, 0.717) is 16.4 Å². The third-order valence-electron chi connectivity index (χ3n) is 5.80. The number of halogens is 1. The number of nitrogens with zero attached hydrogens (tertiary/aromatic N) is 2. The predicted octanol–water partition coefficient (Wildman–Crippen LogP) is 6.41. The minimum atomic E-state index is -0.215. The second-order valence-electron chi connectivity index (χ2n) is 7.92. The van der Waals surface area contributed by atoms with Crippen LogP contribution in [0.1, 0.15) is 40.0 Å². The molecule has 164 valence electrons. The molecule has 0 saturated carbocycles. The lowest BCUT2D eigenvalue weighted by molar-refractivity contribution is 0.102. The molecule has 1 aliphatic heterocycles. The van der Waals surface area contributed by atoms with E-state index in [4.69, 9.17) is 11.6 Å². The van der Waals surface area contributed by atoms with Gasteiger partial charge in [-0.25, -0.2) is 4.68 Å². The molecule has 5 rings (SSSR count). The van der Waals surface area contributed by atoms with Crippen LogP contribution in [0.3, 0.4) is 0 Å². The number of rotatable bonds is 5. The Kier molecular flexibility index (Phi) is 5.71. The Morgan fingerprint density at radius 1 is 1.03 bits per heavy atom. The Hall–Kier alpha value is -3.83. The molecule has 4 aromatic rings. The van der Waals surface area contributed by atoms with Gasteiger partial charge in [0.2, 0.25) is 0 Å². The van der Waals surface area contributed by atoms with Crippen molar-refractivity contribution in [1.29, 1.82) is 0 Å². The molecule has 2 heterocycles. The van der Waals surface area contributed by atoms with Crippen LogP contribution in [0.15, 0.2) is 91.1 Å². The quantitative estimate of drug-likeness (QED) is 0.366. The van der Waals surface area contributed by atoms with Gasteiger partial charge in [-0.3, -0.25) is 4.79 Å². The topological polar surface area (TPSA) is 59.0 Å². The summed E-state index contributed by atoms with van der Waals surface area (Å²) >= 11 is 6.12. The van der Waals surface area contributed by atoms with Crippen molar-refractivity contribution in [2.45, 2.75) is 19.4 Å². The molecule has 1 atom stereocenters. The maximum Gasteiger partial charge on any atom is 0.261 e. The first-order chi connectivity index (χ1) is 16.1. The highest BCUT2D eigenvalue weighted by Crippen LogP contribution is 2.36. The van der Waals surface area contributed by atoms with Crippen molar-refractivity contribution >= 4 is 34.7 Å². The van der Waals surface area contributed by atoms with E-state index in [1.165, 1.54) is 5.56 Å². The van der Waals surface area contributed by atoms with Gasteiger partial charge in [0.05, 0.1) is 12.2 Å². The third-order valence-corrected chi connectivity index (χ3v) is 6.05. The smallest absolute Gasteiger partial charge is 0.261 e. The number of hydrogen-bond acceptors (Lipinski definition) is 3. The van der Waals surface area contributed by atoms with Gasteiger partial charge in [0, 0.05) is 16.4 Å².